The third kappa shape index (κ3) is 5.80. The van der Waals surface area contributed by atoms with Gasteiger partial charge >= 0.3 is 11.9 Å². The first-order valence-corrected chi connectivity index (χ1v) is 9.73. The Bertz CT molecular complexity index is 930. The molecule has 3 rings (SSSR count). The van der Waals surface area contributed by atoms with E-state index in [1.54, 1.807) is 6.92 Å². The first-order valence-electron chi connectivity index (χ1n) is 9.73. The molecule has 0 fully saturated rings. The van der Waals surface area contributed by atoms with E-state index in [-0.39, 0.29) is 5.57 Å². The largest absolute Gasteiger partial charge is 0.478 e. The summed E-state index contributed by atoms with van der Waals surface area (Å²) in [6, 6.07) is 29.4. The first kappa shape index (κ1) is 23.4. The van der Waals surface area contributed by atoms with Gasteiger partial charge in [-0.2, -0.15) is 0 Å². The van der Waals surface area contributed by atoms with Crippen LogP contribution in [0.25, 0.3) is 0 Å². The lowest BCUT2D eigenvalue weighted by Gasteiger charge is -2.35. The summed E-state index contributed by atoms with van der Waals surface area (Å²) in [5.41, 5.74) is 2.19. The molecule has 0 saturated carbocycles. The number of hydrogen-bond donors (Lipinski definition) is 1. The summed E-state index contributed by atoms with van der Waals surface area (Å²) >= 11 is 0. The monoisotopic (exact) mass is 414 g/mol. The van der Waals surface area contributed by atoms with Gasteiger partial charge in [-0.15, -0.1) is 0 Å². The van der Waals surface area contributed by atoms with Crippen LogP contribution < -0.4 is 0 Å². The highest BCUT2D eigenvalue weighted by molar-refractivity contribution is 5.88. The van der Waals surface area contributed by atoms with E-state index in [0.717, 1.165) is 16.7 Å². The van der Waals surface area contributed by atoms with Crippen molar-refractivity contribution in [3.05, 3.63) is 132 Å². The molecule has 0 aliphatic carbocycles. The predicted octanol–water partition coefficient (Wildman–Crippen LogP) is 5.74. The Labute approximate surface area is 183 Å². The highest BCUT2D eigenvalue weighted by atomic mass is 16.6. The fourth-order valence-electron chi connectivity index (χ4n) is 2.92. The van der Waals surface area contributed by atoms with Crippen LogP contribution in [0.3, 0.4) is 0 Å². The molecule has 3 aromatic rings. The van der Waals surface area contributed by atoms with Gasteiger partial charge in [-0.05, 0) is 13.8 Å². The minimum atomic E-state index is -1.03. The third-order valence-electron chi connectivity index (χ3n) is 4.50. The molecule has 0 radical (unpaired) electrons. The van der Waals surface area contributed by atoms with Crippen molar-refractivity contribution >= 4 is 11.9 Å². The van der Waals surface area contributed by atoms with Gasteiger partial charge < -0.3 is 9.84 Å². The van der Waals surface area contributed by atoms with Crippen LogP contribution in [0.2, 0.25) is 0 Å². The number of carboxylic acids is 1. The van der Waals surface area contributed by atoms with Crippen LogP contribution in [0.15, 0.2) is 115 Å². The highest BCUT2D eigenvalue weighted by Crippen LogP contribution is 2.40. The Hall–Kier alpha value is -3.92. The minimum Gasteiger partial charge on any atom is -0.478 e. The van der Waals surface area contributed by atoms with Crippen LogP contribution in [0.1, 0.15) is 30.5 Å². The van der Waals surface area contributed by atoms with Gasteiger partial charge in [0.15, 0.2) is 5.60 Å². The molecule has 0 aliphatic rings. The average Bonchev–Trinajstić information content (AvgIpc) is 2.79. The van der Waals surface area contributed by atoms with E-state index in [9.17, 15) is 9.59 Å². The predicted molar refractivity (Wildman–Crippen MR) is 123 cm³/mol. The maximum atomic E-state index is 12.6. The van der Waals surface area contributed by atoms with Crippen molar-refractivity contribution in [3.63, 3.8) is 0 Å². The Kier molecular flexibility index (Phi) is 8.09. The second kappa shape index (κ2) is 10.7. The molecule has 0 heterocycles. The average molecular weight is 415 g/mol. The molecule has 3 aromatic carbocycles. The van der Waals surface area contributed by atoms with E-state index in [0.29, 0.717) is 5.57 Å². The van der Waals surface area contributed by atoms with Gasteiger partial charge in [-0.25, -0.2) is 9.59 Å². The molecule has 0 atom stereocenters. The standard InChI is InChI=1S/C23H20O2.C4H6O2/c1-18(2)22(24)25-23(19-12-6-3-7-13-19,20-14-8-4-9-15-20)21-16-10-5-11-17-21;1-3(2)4(5)6/h3-17H,1H2,2H3;1H2,2H3,(H,5,6). The second-order valence-corrected chi connectivity index (χ2v) is 7.03. The smallest absolute Gasteiger partial charge is 0.334 e. The van der Waals surface area contributed by atoms with Crippen LogP contribution in [0, 0.1) is 0 Å². The Morgan fingerprint density at radius 3 is 1.19 bits per heavy atom. The molecule has 0 aromatic heterocycles. The molecule has 1 N–H and O–H groups in total. The van der Waals surface area contributed by atoms with Gasteiger partial charge in [-0.3, -0.25) is 0 Å². The molecule has 4 heteroatoms. The van der Waals surface area contributed by atoms with Crippen LogP contribution in [0.4, 0.5) is 0 Å². The van der Waals surface area contributed by atoms with Crippen molar-refractivity contribution in [2.45, 2.75) is 19.4 Å². The normalized spacial score (nSPS) is 10.3. The maximum Gasteiger partial charge on any atom is 0.334 e. The zero-order chi connectivity index (χ0) is 22.9. The van der Waals surface area contributed by atoms with Gasteiger partial charge in [0, 0.05) is 27.8 Å². The molecular formula is C27H26O4. The Morgan fingerprint density at radius 2 is 0.968 bits per heavy atom. The summed E-state index contributed by atoms with van der Waals surface area (Å²) in [7, 11) is 0. The summed E-state index contributed by atoms with van der Waals surface area (Å²) in [5, 5.41) is 7.89. The number of carbonyl (C=O) groups is 2. The van der Waals surface area contributed by atoms with Gasteiger partial charge in [0.2, 0.25) is 0 Å². The summed E-state index contributed by atoms with van der Waals surface area (Å²) < 4.78 is 6.12. The number of carboxylic acid groups (broad SMARTS) is 1. The molecule has 0 saturated heterocycles. The molecule has 0 aliphatic heterocycles. The van der Waals surface area contributed by atoms with Gasteiger partial charge in [-0.1, -0.05) is 104 Å². The molecular weight excluding hydrogens is 388 g/mol. The third-order valence-corrected chi connectivity index (χ3v) is 4.50. The number of aliphatic carboxylic acids is 1. The number of carbonyl (C=O) groups excluding carboxylic acids is 1. The fraction of sp³-hybridized carbons (Fsp3) is 0.111. The van der Waals surface area contributed by atoms with E-state index in [2.05, 4.69) is 13.2 Å². The summed E-state index contributed by atoms with van der Waals surface area (Å²) in [6.45, 7) is 10.0. The molecule has 0 bridgehead atoms. The lowest BCUT2D eigenvalue weighted by molar-refractivity contribution is -0.148. The summed E-state index contributed by atoms with van der Waals surface area (Å²) in [6.07, 6.45) is 0. The SMILES string of the molecule is C=C(C)C(=O)O.C=C(C)C(=O)OC(c1ccccc1)(c1ccccc1)c1ccccc1. The number of benzene rings is 3. The topological polar surface area (TPSA) is 63.6 Å². The summed E-state index contributed by atoms with van der Waals surface area (Å²) in [4.78, 5) is 22.2. The lowest BCUT2D eigenvalue weighted by atomic mass is 9.80. The van der Waals surface area contributed by atoms with E-state index in [1.165, 1.54) is 6.92 Å². The molecule has 0 spiro atoms. The van der Waals surface area contributed by atoms with Gasteiger partial charge in [0.05, 0.1) is 0 Å². The van der Waals surface area contributed by atoms with Crippen LogP contribution in [-0.2, 0) is 19.9 Å². The maximum absolute atomic E-state index is 12.6. The van der Waals surface area contributed by atoms with Crippen molar-refractivity contribution in [2.75, 3.05) is 0 Å². The van der Waals surface area contributed by atoms with E-state index < -0.39 is 17.5 Å². The van der Waals surface area contributed by atoms with Crippen molar-refractivity contribution in [1.29, 1.82) is 0 Å². The Balaban J connectivity index is 0.000000501. The van der Waals surface area contributed by atoms with Gasteiger partial charge in [0.1, 0.15) is 0 Å². The quantitative estimate of drug-likeness (QED) is 0.317. The molecule has 158 valence electrons. The van der Waals surface area contributed by atoms with E-state index in [1.807, 2.05) is 91.0 Å². The summed E-state index contributed by atoms with van der Waals surface area (Å²) in [5.74, 6) is -1.36. The zero-order valence-corrected chi connectivity index (χ0v) is 17.7. The number of esters is 1. The van der Waals surface area contributed by atoms with Crippen molar-refractivity contribution in [1.82, 2.24) is 0 Å². The number of ether oxygens (including phenoxy) is 1. The van der Waals surface area contributed by atoms with E-state index >= 15 is 0 Å². The second-order valence-electron chi connectivity index (χ2n) is 7.03. The first-order chi connectivity index (χ1) is 14.8. The van der Waals surface area contributed by atoms with Crippen molar-refractivity contribution < 1.29 is 19.4 Å². The molecule has 4 nitrogen and oxygen atoms in total. The number of rotatable bonds is 6. The van der Waals surface area contributed by atoms with E-state index in [4.69, 9.17) is 9.84 Å². The molecule has 0 amide bonds. The van der Waals surface area contributed by atoms with Crippen molar-refractivity contribution in [2.24, 2.45) is 0 Å². The highest BCUT2D eigenvalue weighted by Gasteiger charge is 2.40. The van der Waals surface area contributed by atoms with Crippen molar-refractivity contribution in [3.8, 4) is 0 Å². The number of hydrogen-bond acceptors (Lipinski definition) is 3. The fourth-order valence-corrected chi connectivity index (χ4v) is 2.92. The lowest BCUT2D eigenvalue weighted by Crippen LogP contribution is -2.35. The molecule has 31 heavy (non-hydrogen) atoms. The molecule has 0 unspecified atom stereocenters. The van der Waals surface area contributed by atoms with Crippen LogP contribution in [-0.4, -0.2) is 17.0 Å². The van der Waals surface area contributed by atoms with Crippen LogP contribution >= 0.6 is 0 Å². The Morgan fingerprint density at radius 1 is 0.677 bits per heavy atom. The van der Waals surface area contributed by atoms with Gasteiger partial charge in [0.25, 0.3) is 0 Å². The minimum absolute atomic E-state index is 0.176. The zero-order valence-electron chi connectivity index (χ0n) is 17.7. The van der Waals surface area contributed by atoms with Crippen LogP contribution in [0.5, 0.6) is 0 Å².